The molecule has 0 bridgehead atoms. The first-order valence-electron chi connectivity index (χ1n) is 13.3. The second-order valence-corrected chi connectivity index (χ2v) is 12.5. The molecule has 9 heteroatoms. The van der Waals surface area contributed by atoms with Crippen LogP contribution in [0.1, 0.15) is 55.6 Å². The zero-order chi connectivity index (χ0) is 26.6. The Hall–Kier alpha value is -2.88. The number of carbonyl (C=O) groups is 2. The van der Waals surface area contributed by atoms with Crippen LogP contribution in [0.5, 0.6) is 0 Å². The van der Waals surface area contributed by atoms with Gasteiger partial charge in [-0.2, -0.15) is 0 Å². The van der Waals surface area contributed by atoms with Crippen molar-refractivity contribution in [3.05, 3.63) is 59.6 Å². The third kappa shape index (κ3) is 6.06. The fourth-order valence-corrected chi connectivity index (χ4v) is 7.37. The Morgan fingerprint density at radius 2 is 1.89 bits per heavy atom. The van der Waals surface area contributed by atoms with Crippen LogP contribution in [0.3, 0.4) is 0 Å². The summed E-state index contributed by atoms with van der Waals surface area (Å²) in [5, 5.41) is 13.4. The third-order valence-electron chi connectivity index (χ3n) is 7.13. The van der Waals surface area contributed by atoms with E-state index in [0.29, 0.717) is 24.2 Å². The molecule has 200 valence electrons. The van der Waals surface area contributed by atoms with E-state index in [9.17, 15) is 14.7 Å². The zero-order valence-electron chi connectivity index (χ0n) is 21.8. The van der Waals surface area contributed by atoms with Gasteiger partial charge in [-0.25, -0.2) is 14.1 Å². The lowest BCUT2D eigenvalue weighted by Gasteiger charge is -2.45. The van der Waals surface area contributed by atoms with Gasteiger partial charge in [0.25, 0.3) is 0 Å². The highest BCUT2D eigenvalue weighted by Gasteiger charge is 2.41. The molecular weight excluding hydrogens is 516 g/mol. The van der Waals surface area contributed by atoms with Gasteiger partial charge in [-0.1, -0.05) is 49.6 Å². The van der Waals surface area contributed by atoms with Crippen LogP contribution in [0, 0.1) is 5.92 Å². The van der Waals surface area contributed by atoms with Crippen LogP contribution in [0.25, 0.3) is 10.4 Å². The molecule has 38 heavy (non-hydrogen) atoms. The van der Waals surface area contributed by atoms with Crippen LogP contribution in [-0.4, -0.2) is 51.4 Å². The van der Waals surface area contributed by atoms with E-state index < -0.39 is 5.97 Å². The number of amides is 1. The first-order chi connectivity index (χ1) is 18.4. The van der Waals surface area contributed by atoms with E-state index >= 15 is 0 Å². The minimum Gasteiger partial charge on any atom is -0.477 e. The van der Waals surface area contributed by atoms with E-state index in [1.54, 1.807) is 11.9 Å². The number of carbonyl (C=O) groups excluding carboxylic acids is 1. The van der Waals surface area contributed by atoms with E-state index in [1.807, 2.05) is 59.6 Å². The van der Waals surface area contributed by atoms with E-state index in [4.69, 9.17) is 0 Å². The number of carboxylic acids is 1. The maximum Gasteiger partial charge on any atom is 0.348 e. The molecule has 1 aromatic carbocycles. The van der Waals surface area contributed by atoms with Gasteiger partial charge < -0.3 is 15.3 Å². The summed E-state index contributed by atoms with van der Waals surface area (Å²) in [5.41, 5.74) is 1.50. The predicted molar refractivity (Wildman–Crippen MR) is 155 cm³/mol. The maximum atomic E-state index is 13.8. The molecule has 1 aliphatic heterocycles. The number of rotatable bonds is 8. The molecular formula is C29H34N4O3S2. The van der Waals surface area contributed by atoms with Crippen molar-refractivity contribution in [3.8, 4) is 10.4 Å². The van der Waals surface area contributed by atoms with Crippen LogP contribution >= 0.6 is 23.3 Å². The minimum atomic E-state index is -0.986. The van der Waals surface area contributed by atoms with Crippen molar-refractivity contribution in [3.63, 3.8) is 0 Å². The lowest BCUT2D eigenvalue weighted by atomic mass is 9.82. The Labute approximate surface area is 232 Å². The number of carboxylic acid groups (broad SMARTS) is 1. The number of pyridine rings is 1. The quantitative estimate of drug-likeness (QED) is 0.304. The molecule has 3 aromatic rings. The van der Waals surface area contributed by atoms with Crippen LogP contribution < -0.4 is 10.2 Å². The average molecular weight is 551 g/mol. The van der Waals surface area contributed by atoms with Gasteiger partial charge in [-0.3, -0.25) is 4.79 Å². The fraction of sp³-hybridized carbons (Fsp3) is 0.414. The second-order valence-electron chi connectivity index (χ2n) is 10.3. The zero-order valence-corrected chi connectivity index (χ0v) is 23.4. The Balaban J connectivity index is 1.43. The van der Waals surface area contributed by atoms with Crippen molar-refractivity contribution >= 4 is 46.7 Å². The van der Waals surface area contributed by atoms with Crippen molar-refractivity contribution in [2.45, 2.75) is 62.9 Å². The topological polar surface area (TPSA) is 85.8 Å². The van der Waals surface area contributed by atoms with Gasteiger partial charge in [-0.05, 0) is 68.3 Å². The van der Waals surface area contributed by atoms with Crippen molar-refractivity contribution in [1.29, 1.82) is 0 Å². The number of aromatic carboxylic acids is 1. The van der Waals surface area contributed by atoms with Crippen molar-refractivity contribution in [2.24, 2.45) is 5.92 Å². The highest BCUT2D eigenvalue weighted by molar-refractivity contribution is 7.97. The number of nitrogens with one attached hydrogen (secondary N) is 1. The highest BCUT2D eigenvalue weighted by atomic mass is 32.2. The van der Waals surface area contributed by atoms with Gasteiger partial charge >= 0.3 is 5.97 Å². The standard InChI is InChI=1S/C29H34N4O3S2/c1-19(2)31-26-14-13-22(16-30-26)38-32-17-24(20-9-5-3-6-10-20)33(27(34)18-32)23-15-25(37-28(23)29(35)36)21-11-7-4-8-12-21/h4,7-8,11-16,19-20,24H,3,5-6,9-10,17-18H2,1-2H3,(H,30,31)(H,35,36). The molecule has 2 aliphatic rings. The summed E-state index contributed by atoms with van der Waals surface area (Å²) in [6.07, 6.45) is 7.47. The summed E-state index contributed by atoms with van der Waals surface area (Å²) >= 11 is 2.80. The van der Waals surface area contributed by atoms with E-state index in [2.05, 4.69) is 28.5 Å². The summed E-state index contributed by atoms with van der Waals surface area (Å²) < 4.78 is 2.12. The molecule has 1 amide bonds. The molecule has 5 rings (SSSR count). The normalized spacial score (nSPS) is 19.2. The molecule has 2 fully saturated rings. The Morgan fingerprint density at radius 3 is 2.55 bits per heavy atom. The number of benzene rings is 1. The molecule has 2 aromatic heterocycles. The van der Waals surface area contributed by atoms with Crippen LogP contribution in [-0.2, 0) is 4.79 Å². The average Bonchev–Trinajstić information content (AvgIpc) is 3.36. The first kappa shape index (κ1) is 26.7. The number of hydrogen-bond acceptors (Lipinski definition) is 7. The Morgan fingerprint density at radius 1 is 1.13 bits per heavy atom. The van der Waals surface area contributed by atoms with E-state index in [0.717, 1.165) is 46.8 Å². The molecule has 2 N–H and O–H groups in total. The molecule has 1 atom stereocenters. The summed E-state index contributed by atoms with van der Waals surface area (Å²) in [6, 6.07) is 15.9. The van der Waals surface area contributed by atoms with Gasteiger partial charge in [0.1, 0.15) is 10.7 Å². The van der Waals surface area contributed by atoms with Crippen molar-refractivity contribution in [1.82, 2.24) is 9.29 Å². The van der Waals surface area contributed by atoms with Crippen molar-refractivity contribution in [2.75, 3.05) is 23.3 Å². The molecule has 3 heterocycles. The molecule has 1 saturated carbocycles. The molecule has 1 saturated heterocycles. The smallest absolute Gasteiger partial charge is 0.348 e. The Kier molecular flexibility index (Phi) is 8.35. The monoisotopic (exact) mass is 550 g/mol. The molecule has 1 aliphatic carbocycles. The van der Waals surface area contributed by atoms with Crippen LogP contribution in [0.15, 0.2) is 59.6 Å². The predicted octanol–water partition coefficient (Wildman–Crippen LogP) is 6.63. The number of hydrogen-bond donors (Lipinski definition) is 2. The molecule has 1 unspecified atom stereocenters. The summed E-state index contributed by atoms with van der Waals surface area (Å²) in [5.74, 6) is 0.136. The molecule has 7 nitrogen and oxygen atoms in total. The largest absolute Gasteiger partial charge is 0.477 e. The minimum absolute atomic E-state index is 0.0507. The van der Waals surface area contributed by atoms with Gasteiger partial charge in [0, 0.05) is 28.6 Å². The second kappa shape index (κ2) is 11.9. The van der Waals surface area contributed by atoms with Gasteiger partial charge in [0.2, 0.25) is 5.91 Å². The fourth-order valence-electron chi connectivity index (χ4n) is 5.45. The third-order valence-corrected chi connectivity index (χ3v) is 9.28. The summed E-state index contributed by atoms with van der Waals surface area (Å²) in [6.45, 7) is 5.05. The van der Waals surface area contributed by atoms with Gasteiger partial charge in [0.15, 0.2) is 0 Å². The number of thiophene rings is 1. The molecule has 0 spiro atoms. The van der Waals surface area contributed by atoms with E-state index in [1.165, 1.54) is 17.8 Å². The number of anilines is 2. The lowest BCUT2D eigenvalue weighted by Crippen LogP contribution is -2.58. The lowest BCUT2D eigenvalue weighted by molar-refractivity contribution is -0.121. The SMILES string of the molecule is CC(C)Nc1ccc(SN2CC(=O)N(c3cc(-c4ccccc4)sc3C(=O)O)C(C3CCCCC3)C2)cn1. The van der Waals surface area contributed by atoms with Crippen LogP contribution in [0.4, 0.5) is 11.5 Å². The molecule has 0 radical (unpaired) electrons. The van der Waals surface area contributed by atoms with Crippen LogP contribution in [0.2, 0.25) is 0 Å². The van der Waals surface area contributed by atoms with E-state index in [-0.39, 0.29) is 23.4 Å². The van der Waals surface area contributed by atoms with Gasteiger partial charge in [-0.15, -0.1) is 11.3 Å². The summed E-state index contributed by atoms with van der Waals surface area (Å²) in [4.78, 5) is 34.6. The number of piperazine rings is 1. The maximum absolute atomic E-state index is 13.8. The number of aromatic nitrogens is 1. The summed E-state index contributed by atoms with van der Waals surface area (Å²) in [7, 11) is 0. The Bertz CT molecular complexity index is 1260. The highest BCUT2D eigenvalue weighted by Crippen LogP contribution is 2.42. The van der Waals surface area contributed by atoms with Gasteiger partial charge in [0.05, 0.1) is 18.3 Å². The first-order valence-corrected chi connectivity index (χ1v) is 14.9. The number of nitrogens with zero attached hydrogens (tertiary/aromatic N) is 3. The van der Waals surface area contributed by atoms with Crippen molar-refractivity contribution < 1.29 is 14.7 Å².